The summed E-state index contributed by atoms with van der Waals surface area (Å²) in [6.07, 6.45) is 0.983. The lowest BCUT2D eigenvalue weighted by atomic mass is 10.1. The summed E-state index contributed by atoms with van der Waals surface area (Å²) in [6.45, 7) is 5.29. The minimum Gasteiger partial charge on any atom is -0.379 e. The van der Waals surface area contributed by atoms with Gasteiger partial charge in [-0.3, -0.25) is 4.79 Å². The van der Waals surface area contributed by atoms with Gasteiger partial charge in [-0.05, 0) is 20.3 Å². The second-order valence-electron chi connectivity index (χ2n) is 4.89. The first-order valence-corrected chi connectivity index (χ1v) is 7.65. The van der Waals surface area contributed by atoms with Crippen LogP contribution in [0.2, 0.25) is 0 Å². The summed E-state index contributed by atoms with van der Waals surface area (Å²) in [6, 6.07) is 0. The first kappa shape index (κ1) is 15.4. The number of carbonyl (C=O) groups excluding carboxylic acids is 1. The first-order valence-electron chi connectivity index (χ1n) is 6.09. The predicted molar refractivity (Wildman–Crippen MR) is 65.3 cm³/mol. The monoisotopic (exact) mass is 281 g/mol. The lowest BCUT2D eigenvalue weighted by Crippen LogP contribution is -2.28. The Morgan fingerprint density at radius 1 is 1.50 bits per heavy atom. The smallest absolute Gasteiger partial charge is 0.302 e. The molecule has 1 atom stereocenters. The zero-order valence-corrected chi connectivity index (χ0v) is 11.6. The summed E-state index contributed by atoms with van der Waals surface area (Å²) >= 11 is 0. The lowest BCUT2D eigenvalue weighted by Gasteiger charge is -2.16. The van der Waals surface area contributed by atoms with E-state index in [4.69, 9.17) is 4.74 Å². The van der Waals surface area contributed by atoms with Crippen molar-refractivity contribution < 1.29 is 21.8 Å². The SMILES string of the molecule is CC(C)OCCCN1CC(CS(=O)(=O)F)CC1=O. The van der Waals surface area contributed by atoms with Crippen molar-refractivity contribution in [1.29, 1.82) is 0 Å². The van der Waals surface area contributed by atoms with Gasteiger partial charge in [-0.2, -0.15) is 8.42 Å². The second kappa shape index (κ2) is 6.47. The average molecular weight is 281 g/mol. The summed E-state index contributed by atoms with van der Waals surface area (Å²) in [5.74, 6) is -1.08. The Morgan fingerprint density at radius 3 is 2.72 bits per heavy atom. The van der Waals surface area contributed by atoms with Gasteiger partial charge in [0.15, 0.2) is 0 Å². The van der Waals surface area contributed by atoms with Crippen LogP contribution in [-0.2, 0) is 19.8 Å². The van der Waals surface area contributed by atoms with Gasteiger partial charge in [0, 0.05) is 32.0 Å². The molecule has 1 saturated heterocycles. The number of carbonyl (C=O) groups is 1. The number of nitrogens with zero attached hydrogens (tertiary/aromatic N) is 1. The third-order valence-electron chi connectivity index (χ3n) is 2.75. The molecule has 0 aromatic carbocycles. The van der Waals surface area contributed by atoms with Gasteiger partial charge in [0.1, 0.15) is 0 Å². The predicted octanol–water partition coefficient (Wildman–Crippen LogP) is 0.949. The maximum absolute atomic E-state index is 12.5. The van der Waals surface area contributed by atoms with E-state index in [1.54, 1.807) is 4.90 Å². The fourth-order valence-electron chi connectivity index (χ4n) is 2.04. The lowest BCUT2D eigenvalue weighted by molar-refractivity contribution is -0.127. The number of hydrogen-bond acceptors (Lipinski definition) is 4. The summed E-state index contributed by atoms with van der Waals surface area (Å²) in [5.41, 5.74) is 0. The number of hydrogen-bond donors (Lipinski definition) is 0. The van der Waals surface area contributed by atoms with Gasteiger partial charge < -0.3 is 9.64 Å². The minimum atomic E-state index is -4.49. The highest BCUT2D eigenvalue weighted by molar-refractivity contribution is 7.86. The Balaban J connectivity index is 2.29. The topological polar surface area (TPSA) is 63.7 Å². The minimum absolute atomic E-state index is 0.104. The molecule has 0 N–H and O–H groups in total. The van der Waals surface area contributed by atoms with E-state index in [0.717, 1.165) is 0 Å². The van der Waals surface area contributed by atoms with E-state index < -0.39 is 21.9 Å². The van der Waals surface area contributed by atoms with Gasteiger partial charge in [0.05, 0.1) is 11.9 Å². The van der Waals surface area contributed by atoms with Crippen LogP contribution < -0.4 is 0 Å². The number of likely N-dealkylation sites (tertiary alicyclic amines) is 1. The zero-order chi connectivity index (χ0) is 13.8. The fraction of sp³-hybridized carbons (Fsp3) is 0.909. The molecule has 106 valence electrons. The molecule has 1 heterocycles. The second-order valence-corrected chi connectivity index (χ2v) is 6.30. The quantitative estimate of drug-likeness (QED) is 0.515. The molecular formula is C11H20FNO4S. The maximum atomic E-state index is 12.5. The highest BCUT2D eigenvalue weighted by Crippen LogP contribution is 2.20. The number of halogens is 1. The molecule has 0 spiro atoms. The van der Waals surface area contributed by atoms with E-state index in [1.165, 1.54) is 0 Å². The Labute approximate surface area is 108 Å². The molecule has 1 unspecified atom stereocenters. The Bertz CT molecular complexity index is 383. The molecule has 7 heteroatoms. The zero-order valence-electron chi connectivity index (χ0n) is 10.8. The molecule has 5 nitrogen and oxygen atoms in total. The highest BCUT2D eigenvalue weighted by Gasteiger charge is 2.32. The van der Waals surface area contributed by atoms with Crippen LogP contribution in [0.3, 0.4) is 0 Å². The van der Waals surface area contributed by atoms with E-state index in [1.807, 2.05) is 13.8 Å². The van der Waals surface area contributed by atoms with Crippen LogP contribution in [0.1, 0.15) is 26.7 Å². The van der Waals surface area contributed by atoms with Gasteiger partial charge in [-0.1, -0.05) is 0 Å². The van der Waals surface area contributed by atoms with E-state index in [9.17, 15) is 17.1 Å². The van der Waals surface area contributed by atoms with Crippen molar-refractivity contribution in [2.45, 2.75) is 32.8 Å². The van der Waals surface area contributed by atoms with E-state index in [2.05, 4.69) is 0 Å². The Hall–Kier alpha value is -0.690. The third kappa shape index (κ3) is 5.77. The van der Waals surface area contributed by atoms with Gasteiger partial charge in [0.2, 0.25) is 5.91 Å². The molecule has 0 aromatic rings. The molecule has 1 rings (SSSR count). The van der Waals surface area contributed by atoms with Crippen LogP contribution in [0.25, 0.3) is 0 Å². The standard InChI is InChI=1S/C11H20FNO4S/c1-9(2)17-5-3-4-13-7-10(6-11(13)14)8-18(12,15)16/h9-10H,3-8H2,1-2H3. The Morgan fingerprint density at radius 2 is 2.17 bits per heavy atom. The molecular weight excluding hydrogens is 261 g/mol. The fourth-order valence-corrected chi connectivity index (χ4v) is 2.82. The Kier molecular flexibility index (Phi) is 5.52. The summed E-state index contributed by atoms with van der Waals surface area (Å²) in [4.78, 5) is 13.1. The summed E-state index contributed by atoms with van der Waals surface area (Å²) in [7, 11) is -4.49. The molecule has 1 fully saturated rings. The van der Waals surface area contributed by atoms with Gasteiger partial charge >= 0.3 is 10.2 Å². The van der Waals surface area contributed by atoms with E-state index in [-0.39, 0.29) is 18.4 Å². The van der Waals surface area contributed by atoms with E-state index in [0.29, 0.717) is 26.1 Å². The van der Waals surface area contributed by atoms with Crippen molar-refractivity contribution >= 4 is 16.1 Å². The molecule has 0 aromatic heterocycles. The molecule has 0 aliphatic carbocycles. The molecule has 1 aliphatic heterocycles. The number of ether oxygens (including phenoxy) is 1. The van der Waals surface area contributed by atoms with Crippen LogP contribution in [0, 0.1) is 5.92 Å². The van der Waals surface area contributed by atoms with Gasteiger partial charge in [0.25, 0.3) is 0 Å². The maximum Gasteiger partial charge on any atom is 0.302 e. The normalized spacial score (nSPS) is 21.0. The molecule has 18 heavy (non-hydrogen) atoms. The third-order valence-corrected chi connectivity index (χ3v) is 3.62. The van der Waals surface area contributed by atoms with Crippen LogP contribution in [0.4, 0.5) is 3.89 Å². The first-order chi connectivity index (χ1) is 8.28. The molecule has 1 amide bonds. The average Bonchev–Trinajstić information content (AvgIpc) is 2.50. The van der Waals surface area contributed by atoms with Gasteiger partial charge in [-0.25, -0.2) is 0 Å². The molecule has 1 aliphatic rings. The van der Waals surface area contributed by atoms with Crippen molar-refractivity contribution in [2.75, 3.05) is 25.4 Å². The van der Waals surface area contributed by atoms with Crippen molar-refractivity contribution in [3.05, 3.63) is 0 Å². The van der Waals surface area contributed by atoms with Crippen LogP contribution >= 0.6 is 0 Å². The van der Waals surface area contributed by atoms with Gasteiger partial charge in [-0.15, -0.1) is 3.89 Å². The molecule has 0 radical (unpaired) electrons. The summed E-state index contributed by atoms with van der Waals surface area (Å²) in [5, 5.41) is 0. The van der Waals surface area contributed by atoms with Crippen molar-refractivity contribution in [2.24, 2.45) is 5.92 Å². The number of rotatable bonds is 7. The molecule has 0 bridgehead atoms. The van der Waals surface area contributed by atoms with E-state index >= 15 is 0 Å². The van der Waals surface area contributed by atoms with Crippen LogP contribution in [0.5, 0.6) is 0 Å². The number of amides is 1. The van der Waals surface area contributed by atoms with Crippen LogP contribution in [-0.4, -0.2) is 50.8 Å². The molecule has 0 saturated carbocycles. The highest BCUT2D eigenvalue weighted by atomic mass is 32.3. The largest absolute Gasteiger partial charge is 0.379 e. The summed E-state index contributed by atoms with van der Waals surface area (Å²) < 4.78 is 38.9. The van der Waals surface area contributed by atoms with Crippen molar-refractivity contribution in [3.63, 3.8) is 0 Å². The van der Waals surface area contributed by atoms with Crippen molar-refractivity contribution in [3.8, 4) is 0 Å². The van der Waals surface area contributed by atoms with Crippen LogP contribution in [0.15, 0.2) is 0 Å². The van der Waals surface area contributed by atoms with Crippen molar-refractivity contribution in [1.82, 2.24) is 4.90 Å².